The summed E-state index contributed by atoms with van der Waals surface area (Å²) < 4.78 is 30.1. The van der Waals surface area contributed by atoms with Gasteiger partial charge in [-0.2, -0.15) is 0 Å². The van der Waals surface area contributed by atoms with Crippen LogP contribution in [0.3, 0.4) is 0 Å². The molecule has 0 saturated heterocycles. The van der Waals surface area contributed by atoms with E-state index in [1.807, 2.05) is 0 Å². The predicted octanol–water partition coefficient (Wildman–Crippen LogP) is 3.19. The van der Waals surface area contributed by atoms with E-state index in [1.54, 1.807) is 37.3 Å². The SMILES string of the molecule is CCOC(=O)C1=C(N)Oc2c(c(=O)oc3ccccc23)[C@@H]1c1cccc(F)c1. The number of hydrogen-bond acceptors (Lipinski definition) is 6. The Hall–Kier alpha value is -3.61. The molecule has 2 heterocycles. The molecule has 142 valence electrons. The Bertz CT molecular complexity index is 1180. The molecule has 1 aliphatic heterocycles. The molecule has 2 N–H and O–H groups in total. The minimum atomic E-state index is -0.987. The van der Waals surface area contributed by atoms with Crippen molar-refractivity contribution in [3.8, 4) is 5.75 Å². The maximum absolute atomic E-state index is 13.9. The predicted molar refractivity (Wildman–Crippen MR) is 99.2 cm³/mol. The molecule has 1 aliphatic rings. The van der Waals surface area contributed by atoms with E-state index in [0.29, 0.717) is 16.5 Å². The zero-order valence-electron chi connectivity index (χ0n) is 14.9. The topological polar surface area (TPSA) is 91.8 Å². The van der Waals surface area contributed by atoms with Crippen LogP contribution < -0.4 is 16.1 Å². The van der Waals surface area contributed by atoms with Crippen LogP contribution in [0.2, 0.25) is 0 Å². The number of ether oxygens (including phenoxy) is 2. The number of para-hydroxylation sites is 1. The van der Waals surface area contributed by atoms with E-state index >= 15 is 0 Å². The van der Waals surface area contributed by atoms with Crippen LogP contribution in [0.25, 0.3) is 11.0 Å². The largest absolute Gasteiger partial charge is 0.462 e. The number of nitrogens with two attached hydrogens (primary N) is 1. The number of hydrogen-bond donors (Lipinski definition) is 1. The summed E-state index contributed by atoms with van der Waals surface area (Å²) in [6.45, 7) is 1.75. The number of fused-ring (bicyclic) bond motifs is 3. The molecule has 0 aliphatic carbocycles. The molecule has 3 aromatic rings. The average molecular weight is 381 g/mol. The highest BCUT2D eigenvalue weighted by atomic mass is 19.1. The summed E-state index contributed by atoms with van der Waals surface area (Å²) in [5.41, 5.74) is 6.04. The summed E-state index contributed by atoms with van der Waals surface area (Å²) in [5.74, 6) is -2.26. The smallest absolute Gasteiger partial charge is 0.344 e. The van der Waals surface area contributed by atoms with Crippen molar-refractivity contribution in [1.82, 2.24) is 0 Å². The van der Waals surface area contributed by atoms with Crippen LogP contribution in [0.5, 0.6) is 5.75 Å². The molecule has 28 heavy (non-hydrogen) atoms. The van der Waals surface area contributed by atoms with Crippen LogP contribution in [0.1, 0.15) is 24.0 Å². The van der Waals surface area contributed by atoms with Crippen molar-refractivity contribution in [2.45, 2.75) is 12.8 Å². The maximum Gasteiger partial charge on any atom is 0.344 e. The first-order chi connectivity index (χ1) is 13.5. The minimum Gasteiger partial charge on any atom is -0.462 e. The van der Waals surface area contributed by atoms with E-state index in [4.69, 9.17) is 19.6 Å². The van der Waals surface area contributed by atoms with Gasteiger partial charge >= 0.3 is 11.6 Å². The fourth-order valence-corrected chi connectivity index (χ4v) is 3.39. The number of rotatable bonds is 3. The monoisotopic (exact) mass is 381 g/mol. The first-order valence-electron chi connectivity index (χ1n) is 8.67. The first-order valence-corrected chi connectivity index (χ1v) is 8.67. The highest BCUT2D eigenvalue weighted by molar-refractivity contribution is 5.94. The van der Waals surface area contributed by atoms with Gasteiger partial charge in [-0.3, -0.25) is 0 Å². The summed E-state index contributed by atoms with van der Waals surface area (Å²) in [5, 5.41) is 0.518. The van der Waals surface area contributed by atoms with Crippen molar-refractivity contribution >= 4 is 16.9 Å². The third-order valence-electron chi connectivity index (χ3n) is 4.53. The van der Waals surface area contributed by atoms with E-state index in [1.165, 1.54) is 18.2 Å². The molecule has 0 radical (unpaired) electrons. The van der Waals surface area contributed by atoms with Crippen LogP contribution in [-0.2, 0) is 9.53 Å². The lowest BCUT2D eigenvalue weighted by molar-refractivity contribution is -0.139. The molecular weight excluding hydrogens is 365 g/mol. The van der Waals surface area contributed by atoms with Gasteiger partial charge in [-0.25, -0.2) is 14.0 Å². The van der Waals surface area contributed by atoms with E-state index in [0.717, 1.165) is 0 Å². The summed E-state index contributed by atoms with van der Waals surface area (Å²) in [4.78, 5) is 25.4. The normalized spacial score (nSPS) is 15.9. The average Bonchev–Trinajstić information content (AvgIpc) is 2.67. The molecule has 0 spiro atoms. The number of halogens is 1. The van der Waals surface area contributed by atoms with Gasteiger partial charge in [-0.15, -0.1) is 0 Å². The van der Waals surface area contributed by atoms with Crippen LogP contribution in [0, 0.1) is 5.82 Å². The van der Waals surface area contributed by atoms with Gasteiger partial charge in [0.05, 0.1) is 23.5 Å². The van der Waals surface area contributed by atoms with Crippen molar-refractivity contribution < 1.29 is 23.1 Å². The highest BCUT2D eigenvalue weighted by Gasteiger charge is 2.39. The zero-order chi connectivity index (χ0) is 19.8. The summed E-state index contributed by atoms with van der Waals surface area (Å²) >= 11 is 0. The lowest BCUT2D eigenvalue weighted by atomic mass is 9.83. The molecule has 1 aromatic heterocycles. The van der Waals surface area contributed by atoms with Gasteiger partial charge in [0.15, 0.2) is 5.75 Å². The van der Waals surface area contributed by atoms with Crippen LogP contribution >= 0.6 is 0 Å². The fraction of sp³-hybridized carbons (Fsp3) is 0.143. The van der Waals surface area contributed by atoms with Crippen LogP contribution in [0.4, 0.5) is 4.39 Å². The minimum absolute atomic E-state index is 0.0671. The van der Waals surface area contributed by atoms with Gasteiger partial charge in [0, 0.05) is 0 Å². The van der Waals surface area contributed by atoms with Crippen LogP contribution in [0.15, 0.2) is 69.2 Å². The van der Waals surface area contributed by atoms with Crippen LogP contribution in [-0.4, -0.2) is 12.6 Å². The Balaban J connectivity index is 2.05. The molecule has 0 unspecified atom stereocenters. The summed E-state index contributed by atoms with van der Waals surface area (Å²) in [6, 6.07) is 12.4. The third-order valence-corrected chi connectivity index (χ3v) is 4.53. The number of carbonyl (C=O) groups is 1. The maximum atomic E-state index is 13.9. The van der Waals surface area contributed by atoms with Gasteiger partial charge in [0.2, 0.25) is 5.88 Å². The second kappa shape index (κ2) is 6.84. The summed E-state index contributed by atoms with van der Waals surface area (Å²) in [6.07, 6.45) is 0. The Morgan fingerprint density at radius 2 is 2.00 bits per heavy atom. The molecule has 0 fully saturated rings. The van der Waals surface area contributed by atoms with Gasteiger partial charge in [0.25, 0.3) is 0 Å². The molecule has 7 heteroatoms. The quantitative estimate of drug-likeness (QED) is 0.553. The van der Waals surface area contributed by atoms with Crippen molar-refractivity contribution in [1.29, 1.82) is 0 Å². The van der Waals surface area contributed by atoms with Gasteiger partial charge in [-0.1, -0.05) is 24.3 Å². The second-order valence-corrected chi connectivity index (χ2v) is 6.22. The van der Waals surface area contributed by atoms with Gasteiger partial charge < -0.3 is 19.6 Å². The number of carbonyl (C=O) groups excluding carboxylic acids is 1. The first kappa shape index (κ1) is 17.8. The van der Waals surface area contributed by atoms with E-state index in [9.17, 15) is 14.0 Å². The standard InChI is InChI=1S/C21H16FNO5/c1-2-26-20(24)17-15(11-6-5-7-12(22)10-11)16-18(28-19(17)23)13-8-3-4-9-14(13)27-21(16)25/h3-10,15H,2,23H2,1H3/t15-/m0/s1. The van der Waals surface area contributed by atoms with Crippen molar-refractivity contribution in [2.75, 3.05) is 6.61 Å². The molecular formula is C21H16FNO5. The van der Waals surface area contributed by atoms with E-state index in [-0.39, 0.29) is 29.4 Å². The molecule has 0 amide bonds. The molecule has 0 bridgehead atoms. The molecule has 0 saturated carbocycles. The van der Waals surface area contributed by atoms with Crippen molar-refractivity contribution in [3.05, 3.63) is 87.4 Å². The molecule has 2 aromatic carbocycles. The molecule has 1 atom stereocenters. The van der Waals surface area contributed by atoms with Crippen molar-refractivity contribution in [2.24, 2.45) is 5.73 Å². The number of esters is 1. The second-order valence-electron chi connectivity index (χ2n) is 6.22. The van der Waals surface area contributed by atoms with E-state index < -0.39 is 23.3 Å². The highest BCUT2D eigenvalue weighted by Crippen LogP contribution is 2.44. The Labute approximate surface area is 159 Å². The summed E-state index contributed by atoms with van der Waals surface area (Å²) in [7, 11) is 0. The molecule has 4 rings (SSSR count). The Morgan fingerprint density at radius 1 is 1.21 bits per heavy atom. The van der Waals surface area contributed by atoms with Gasteiger partial charge in [0.1, 0.15) is 17.0 Å². The molecule has 6 nitrogen and oxygen atoms in total. The number of benzene rings is 2. The Morgan fingerprint density at radius 3 is 2.75 bits per heavy atom. The van der Waals surface area contributed by atoms with Gasteiger partial charge in [-0.05, 0) is 36.8 Å². The lowest BCUT2D eigenvalue weighted by Gasteiger charge is -2.28. The zero-order valence-corrected chi connectivity index (χ0v) is 14.9. The third kappa shape index (κ3) is 2.81. The van der Waals surface area contributed by atoms with E-state index in [2.05, 4.69) is 0 Å². The Kier molecular flexibility index (Phi) is 4.35. The van der Waals surface area contributed by atoms with Crippen molar-refractivity contribution in [3.63, 3.8) is 0 Å². The lowest BCUT2D eigenvalue weighted by Crippen LogP contribution is -2.31. The fourth-order valence-electron chi connectivity index (χ4n) is 3.39.